The van der Waals surface area contributed by atoms with Gasteiger partial charge in [-0.1, -0.05) is 16.8 Å². The van der Waals surface area contributed by atoms with E-state index in [-0.39, 0.29) is 36.2 Å². The molecule has 1 aromatic carbocycles. The second kappa shape index (κ2) is 8.59. The number of benzene rings is 1. The highest BCUT2D eigenvalue weighted by molar-refractivity contribution is 6.30. The van der Waals surface area contributed by atoms with Crippen molar-refractivity contribution in [3.05, 3.63) is 40.7 Å². The minimum Gasteiger partial charge on any atom is -0.492 e. The third kappa shape index (κ3) is 4.33. The molecule has 2 atom stereocenters. The Balaban J connectivity index is 1.42. The number of fused-ring (bicyclic) bond motifs is 1. The van der Waals surface area contributed by atoms with E-state index in [4.69, 9.17) is 27.9 Å². The highest BCUT2D eigenvalue weighted by Gasteiger charge is 2.36. The Morgan fingerprint density at radius 3 is 3.03 bits per heavy atom. The number of halogens is 2. The van der Waals surface area contributed by atoms with Crippen LogP contribution in [0.25, 0.3) is 0 Å². The van der Waals surface area contributed by atoms with Crippen LogP contribution in [0.4, 0.5) is 0 Å². The van der Waals surface area contributed by atoms with Crippen molar-refractivity contribution in [3.8, 4) is 5.75 Å². The molecular weight excluding hydrogens is 417 g/mol. The fourth-order valence-electron chi connectivity index (χ4n) is 3.79. The van der Waals surface area contributed by atoms with Crippen LogP contribution in [0.5, 0.6) is 5.75 Å². The summed E-state index contributed by atoms with van der Waals surface area (Å²) in [5, 5.41) is 11.6. The van der Waals surface area contributed by atoms with Crippen LogP contribution < -0.4 is 10.1 Å². The van der Waals surface area contributed by atoms with Crippen molar-refractivity contribution < 1.29 is 14.3 Å². The van der Waals surface area contributed by atoms with Crippen molar-refractivity contribution >= 4 is 35.0 Å². The number of piperidine rings is 1. The summed E-state index contributed by atoms with van der Waals surface area (Å²) in [6.45, 7) is 1.87. The lowest BCUT2D eigenvalue weighted by molar-refractivity contribution is -0.134. The second-order valence-corrected chi connectivity index (χ2v) is 7.93. The molecule has 2 unspecified atom stereocenters. The number of nitrogens with one attached hydrogen (secondary N) is 1. The zero-order chi connectivity index (χ0) is 20.4. The van der Waals surface area contributed by atoms with Crippen LogP contribution in [-0.4, -0.2) is 57.3 Å². The van der Waals surface area contributed by atoms with E-state index >= 15 is 0 Å². The molecule has 4 rings (SSSR count). The maximum atomic E-state index is 13.2. The van der Waals surface area contributed by atoms with Gasteiger partial charge in [0.05, 0.1) is 18.8 Å². The molecule has 0 saturated carbocycles. The number of hydrogen-bond acceptors (Lipinski definition) is 5. The number of likely N-dealkylation sites (tertiary alicyclic amines) is 1. The molecule has 154 valence electrons. The first kappa shape index (κ1) is 20.0. The van der Waals surface area contributed by atoms with E-state index in [2.05, 4.69) is 15.6 Å². The number of carbonyl (C=O) groups is 2. The van der Waals surface area contributed by atoms with Crippen LogP contribution in [0.15, 0.2) is 24.4 Å². The SMILES string of the molecule is O=C(CCl)NCc1cn(C2CCCN(C(=O)C3COc4ccc(Cl)cc43)C2)nn1. The van der Waals surface area contributed by atoms with Gasteiger partial charge in [0.2, 0.25) is 11.8 Å². The summed E-state index contributed by atoms with van der Waals surface area (Å²) in [5.41, 5.74) is 1.50. The van der Waals surface area contributed by atoms with E-state index in [1.165, 1.54) is 0 Å². The molecule has 0 spiro atoms. The Bertz CT molecular complexity index is 919. The fraction of sp³-hybridized carbons (Fsp3) is 0.474. The van der Waals surface area contributed by atoms with Crippen molar-refractivity contribution in [2.45, 2.75) is 31.3 Å². The van der Waals surface area contributed by atoms with Crippen LogP contribution in [0.1, 0.15) is 36.1 Å². The van der Waals surface area contributed by atoms with E-state index in [1.807, 2.05) is 17.0 Å². The van der Waals surface area contributed by atoms with Gasteiger partial charge in [-0.15, -0.1) is 16.7 Å². The maximum Gasteiger partial charge on any atom is 0.235 e. The maximum absolute atomic E-state index is 13.2. The predicted molar refractivity (Wildman–Crippen MR) is 107 cm³/mol. The minimum absolute atomic E-state index is 0.0406. The van der Waals surface area contributed by atoms with Gasteiger partial charge in [-0.2, -0.15) is 0 Å². The first-order valence-corrected chi connectivity index (χ1v) is 10.4. The normalized spacial score (nSPS) is 20.8. The molecule has 3 heterocycles. The summed E-state index contributed by atoms with van der Waals surface area (Å²) in [6, 6.07) is 5.43. The highest BCUT2D eigenvalue weighted by atomic mass is 35.5. The summed E-state index contributed by atoms with van der Waals surface area (Å²) >= 11 is 11.6. The predicted octanol–water partition coefficient (Wildman–Crippen LogP) is 2.13. The van der Waals surface area contributed by atoms with Gasteiger partial charge in [0.25, 0.3) is 0 Å². The Morgan fingerprint density at radius 1 is 1.34 bits per heavy atom. The van der Waals surface area contributed by atoms with E-state index in [9.17, 15) is 9.59 Å². The number of nitrogens with zero attached hydrogens (tertiary/aromatic N) is 4. The summed E-state index contributed by atoms with van der Waals surface area (Å²) in [5.74, 6) is 0.0913. The van der Waals surface area contributed by atoms with Crippen LogP contribution in [0, 0.1) is 0 Å². The second-order valence-electron chi connectivity index (χ2n) is 7.23. The van der Waals surface area contributed by atoms with Crippen molar-refractivity contribution in [2.24, 2.45) is 0 Å². The Kier molecular flexibility index (Phi) is 5.91. The van der Waals surface area contributed by atoms with Gasteiger partial charge in [-0.25, -0.2) is 4.68 Å². The number of amides is 2. The minimum atomic E-state index is -0.334. The largest absolute Gasteiger partial charge is 0.492 e. The van der Waals surface area contributed by atoms with Gasteiger partial charge in [0, 0.05) is 23.7 Å². The quantitative estimate of drug-likeness (QED) is 0.723. The molecule has 2 aliphatic rings. The fourth-order valence-corrected chi connectivity index (χ4v) is 4.07. The highest BCUT2D eigenvalue weighted by Crippen LogP contribution is 2.37. The monoisotopic (exact) mass is 437 g/mol. The summed E-state index contributed by atoms with van der Waals surface area (Å²) < 4.78 is 7.45. The molecule has 0 aliphatic carbocycles. The molecule has 0 bridgehead atoms. The number of alkyl halides is 1. The number of carbonyl (C=O) groups excluding carboxylic acids is 2. The average Bonchev–Trinajstić information content (AvgIpc) is 3.38. The van der Waals surface area contributed by atoms with Crippen molar-refractivity contribution in [1.29, 1.82) is 0 Å². The molecule has 2 aromatic rings. The van der Waals surface area contributed by atoms with Crippen LogP contribution in [0.3, 0.4) is 0 Å². The topological polar surface area (TPSA) is 89.4 Å². The number of hydrogen-bond donors (Lipinski definition) is 1. The molecule has 2 amide bonds. The van der Waals surface area contributed by atoms with Gasteiger partial charge in [-0.3, -0.25) is 9.59 Å². The Morgan fingerprint density at radius 2 is 2.21 bits per heavy atom. The lowest BCUT2D eigenvalue weighted by atomic mass is 9.97. The van der Waals surface area contributed by atoms with Crippen molar-refractivity contribution in [2.75, 3.05) is 25.6 Å². The molecule has 1 N–H and O–H groups in total. The summed E-state index contributed by atoms with van der Waals surface area (Å²) in [4.78, 5) is 26.3. The van der Waals surface area contributed by atoms with Crippen LogP contribution in [-0.2, 0) is 16.1 Å². The van der Waals surface area contributed by atoms with Gasteiger partial charge < -0.3 is 15.0 Å². The smallest absolute Gasteiger partial charge is 0.235 e. The van der Waals surface area contributed by atoms with Crippen molar-refractivity contribution in [1.82, 2.24) is 25.2 Å². The van der Waals surface area contributed by atoms with Gasteiger partial charge in [-0.05, 0) is 31.0 Å². The molecule has 0 radical (unpaired) electrons. The molecule has 10 heteroatoms. The third-order valence-corrected chi connectivity index (χ3v) is 5.76. The van der Waals surface area contributed by atoms with E-state index in [0.717, 1.165) is 24.2 Å². The van der Waals surface area contributed by atoms with Gasteiger partial charge in [0.1, 0.15) is 29.8 Å². The zero-order valence-electron chi connectivity index (χ0n) is 15.7. The molecule has 1 aromatic heterocycles. The van der Waals surface area contributed by atoms with E-state index in [1.54, 1.807) is 16.9 Å². The molecular formula is C19H21Cl2N5O3. The average molecular weight is 438 g/mol. The Labute approximate surface area is 178 Å². The Hall–Kier alpha value is -2.32. The zero-order valence-corrected chi connectivity index (χ0v) is 17.2. The van der Waals surface area contributed by atoms with Gasteiger partial charge >= 0.3 is 0 Å². The first-order valence-electron chi connectivity index (χ1n) is 9.49. The van der Waals surface area contributed by atoms with Crippen molar-refractivity contribution in [3.63, 3.8) is 0 Å². The summed E-state index contributed by atoms with van der Waals surface area (Å²) in [6.07, 6.45) is 3.59. The third-order valence-electron chi connectivity index (χ3n) is 5.28. The van der Waals surface area contributed by atoms with Crippen LogP contribution >= 0.6 is 23.2 Å². The molecule has 1 saturated heterocycles. The lowest BCUT2D eigenvalue weighted by Crippen LogP contribution is -2.43. The number of aromatic nitrogens is 3. The molecule has 29 heavy (non-hydrogen) atoms. The molecule has 2 aliphatic heterocycles. The van der Waals surface area contributed by atoms with Crippen LogP contribution in [0.2, 0.25) is 5.02 Å². The van der Waals surface area contributed by atoms with E-state index < -0.39 is 0 Å². The standard InChI is InChI=1S/C19H21Cl2N5O3/c20-7-18(27)22-8-13-9-26(24-23-13)14-2-1-5-25(10-14)19(28)16-11-29-17-4-3-12(21)6-15(16)17/h3-4,6,9,14,16H,1-2,5,7-8,10-11H2,(H,22,27). The molecule has 8 nitrogen and oxygen atoms in total. The number of ether oxygens (including phenoxy) is 1. The number of rotatable bonds is 5. The molecule has 1 fully saturated rings. The first-order chi connectivity index (χ1) is 14.0. The van der Waals surface area contributed by atoms with Gasteiger partial charge in [0.15, 0.2) is 0 Å². The summed E-state index contributed by atoms with van der Waals surface area (Å²) in [7, 11) is 0. The van der Waals surface area contributed by atoms with E-state index in [0.29, 0.717) is 30.4 Å². The lowest BCUT2D eigenvalue weighted by Gasteiger charge is -2.34.